The number of nitrogens with zero attached hydrogens (tertiary/aromatic N) is 2. The summed E-state index contributed by atoms with van der Waals surface area (Å²) in [5, 5.41) is 8.67. The second kappa shape index (κ2) is 2.83. The molecular formula is C6H6F3N3S. The van der Waals surface area contributed by atoms with Crippen molar-refractivity contribution in [3.63, 3.8) is 0 Å². The fourth-order valence-electron chi connectivity index (χ4n) is 0.798. The Hall–Kier alpha value is -0.850. The van der Waals surface area contributed by atoms with Gasteiger partial charge in [0.25, 0.3) is 0 Å². The first-order chi connectivity index (χ1) is 6.05. The SMILES string of the molecule is FC(F)(F)c1nnc(NC2CC2)s1. The minimum Gasteiger partial charge on any atom is -0.357 e. The molecule has 0 saturated heterocycles. The largest absolute Gasteiger partial charge is 0.445 e. The van der Waals surface area contributed by atoms with Crippen LogP contribution in [-0.4, -0.2) is 16.2 Å². The van der Waals surface area contributed by atoms with Gasteiger partial charge in [-0.15, -0.1) is 10.2 Å². The number of hydrogen-bond acceptors (Lipinski definition) is 4. The van der Waals surface area contributed by atoms with Crippen molar-refractivity contribution in [1.82, 2.24) is 10.2 Å². The second-order valence-corrected chi connectivity index (χ2v) is 3.81. The first kappa shape index (κ1) is 8.74. The Balaban J connectivity index is 2.08. The van der Waals surface area contributed by atoms with Gasteiger partial charge in [0, 0.05) is 6.04 Å². The van der Waals surface area contributed by atoms with Crippen molar-refractivity contribution in [3.05, 3.63) is 5.01 Å². The number of anilines is 1. The van der Waals surface area contributed by atoms with Gasteiger partial charge in [-0.05, 0) is 12.8 Å². The topological polar surface area (TPSA) is 37.8 Å². The molecule has 0 spiro atoms. The molecule has 1 N–H and O–H groups in total. The van der Waals surface area contributed by atoms with Gasteiger partial charge in [-0.2, -0.15) is 13.2 Å². The summed E-state index contributed by atoms with van der Waals surface area (Å²) in [6.07, 6.45) is -2.37. The molecule has 0 radical (unpaired) electrons. The van der Waals surface area contributed by atoms with Crippen LogP contribution in [-0.2, 0) is 6.18 Å². The lowest BCUT2D eigenvalue weighted by molar-refractivity contribution is -0.138. The summed E-state index contributed by atoms with van der Waals surface area (Å²) in [4.78, 5) is 0. The Kier molecular flexibility index (Phi) is 1.90. The summed E-state index contributed by atoms with van der Waals surface area (Å²) in [6, 6.07) is 0.300. The summed E-state index contributed by atoms with van der Waals surface area (Å²) in [5.41, 5.74) is 0. The summed E-state index contributed by atoms with van der Waals surface area (Å²) < 4.78 is 36.1. The van der Waals surface area contributed by atoms with Gasteiger partial charge in [-0.25, -0.2) is 0 Å². The summed E-state index contributed by atoms with van der Waals surface area (Å²) in [6.45, 7) is 0. The normalized spacial score (nSPS) is 17.5. The zero-order valence-electron chi connectivity index (χ0n) is 6.43. The Morgan fingerprint density at radius 1 is 1.31 bits per heavy atom. The maximum absolute atomic E-state index is 12.0. The average molecular weight is 209 g/mol. The molecule has 1 heterocycles. The predicted octanol–water partition coefficient (Wildman–Crippen LogP) is 2.13. The Bertz CT molecular complexity index is 304. The fraction of sp³-hybridized carbons (Fsp3) is 0.667. The first-order valence-corrected chi connectivity index (χ1v) is 4.54. The van der Waals surface area contributed by atoms with E-state index in [-0.39, 0.29) is 5.13 Å². The standard InChI is InChI=1S/C6H6F3N3S/c7-6(8,9)4-11-12-5(13-4)10-3-1-2-3/h3H,1-2H2,(H,10,12). The number of alkyl halides is 3. The molecule has 0 aliphatic heterocycles. The van der Waals surface area contributed by atoms with Gasteiger partial charge in [-0.3, -0.25) is 0 Å². The highest BCUT2D eigenvalue weighted by Crippen LogP contribution is 2.34. The van der Waals surface area contributed by atoms with Crippen LogP contribution in [0.1, 0.15) is 17.8 Å². The van der Waals surface area contributed by atoms with Crippen LogP contribution < -0.4 is 5.32 Å². The number of halogens is 3. The smallest absolute Gasteiger partial charge is 0.357 e. The van der Waals surface area contributed by atoms with Gasteiger partial charge in [-0.1, -0.05) is 11.3 Å². The third kappa shape index (κ3) is 2.09. The van der Waals surface area contributed by atoms with Gasteiger partial charge in [0.05, 0.1) is 0 Å². The summed E-state index contributed by atoms with van der Waals surface area (Å²) >= 11 is 0.550. The number of aromatic nitrogens is 2. The molecule has 0 unspecified atom stereocenters. The number of rotatable bonds is 2. The van der Waals surface area contributed by atoms with E-state index < -0.39 is 11.2 Å². The molecule has 0 amide bonds. The molecular weight excluding hydrogens is 203 g/mol. The third-order valence-electron chi connectivity index (χ3n) is 1.57. The van der Waals surface area contributed by atoms with Crippen LogP contribution in [0.15, 0.2) is 0 Å². The second-order valence-electron chi connectivity index (χ2n) is 2.83. The third-order valence-corrected chi connectivity index (χ3v) is 2.47. The molecule has 7 heteroatoms. The van der Waals surface area contributed by atoms with Crippen LogP contribution in [0.3, 0.4) is 0 Å². The lowest BCUT2D eigenvalue weighted by Gasteiger charge is -1.98. The average Bonchev–Trinajstić information content (AvgIpc) is 2.63. The van der Waals surface area contributed by atoms with Crippen LogP contribution in [0.4, 0.5) is 18.3 Å². The monoisotopic (exact) mass is 209 g/mol. The molecule has 3 nitrogen and oxygen atoms in total. The molecule has 1 aromatic rings. The molecule has 1 fully saturated rings. The molecule has 0 bridgehead atoms. The van der Waals surface area contributed by atoms with Crippen LogP contribution >= 0.6 is 11.3 Å². The molecule has 1 aliphatic carbocycles. The van der Waals surface area contributed by atoms with E-state index in [4.69, 9.17) is 0 Å². The van der Waals surface area contributed by atoms with Gasteiger partial charge >= 0.3 is 6.18 Å². The van der Waals surface area contributed by atoms with Crippen LogP contribution in [0.25, 0.3) is 0 Å². The van der Waals surface area contributed by atoms with E-state index in [0.29, 0.717) is 17.4 Å². The van der Waals surface area contributed by atoms with E-state index in [2.05, 4.69) is 15.5 Å². The molecule has 0 atom stereocenters. The fourth-order valence-corrected chi connectivity index (χ4v) is 1.49. The zero-order valence-corrected chi connectivity index (χ0v) is 7.24. The maximum atomic E-state index is 12.0. The van der Waals surface area contributed by atoms with Crippen LogP contribution in [0.2, 0.25) is 0 Å². The Labute approximate surface area is 76.0 Å². The van der Waals surface area contributed by atoms with E-state index >= 15 is 0 Å². The van der Waals surface area contributed by atoms with Crippen molar-refractivity contribution in [3.8, 4) is 0 Å². The van der Waals surface area contributed by atoms with Crippen LogP contribution in [0, 0.1) is 0 Å². The van der Waals surface area contributed by atoms with E-state index in [1.165, 1.54) is 0 Å². The van der Waals surface area contributed by atoms with Crippen molar-refractivity contribution in [2.24, 2.45) is 0 Å². The van der Waals surface area contributed by atoms with Gasteiger partial charge in [0.1, 0.15) is 0 Å². The maximum Gasteiger partial charge on any atom is 0.445 e. The lowest BCUT2D eigenvalue weighted by Crippen LogP contribution is -2.03. The molecule has 1 aromatic heterocycles. The molecule has 1 aliphatic rings. The minimum atomic E-state index is -4.37. The van der Waals surface area contributed by atoms with E-state index in [1.54, 1.807) is 0 Å². The summed E-state index contributed by atoms with van der Waals surface area (Å²) in [7, 11) is 0. The van der Waals surface area contributed by atoms with Crippen molar-refractivity contribution < 1.29 is 13.2 Å². The number of nitrogens with one attached hydrogen (secondary N) is 1. The molecule has 72 valence electrons. The van der Waals surface area contributed by atoms with Gasteiger partial charge in [0.2, 0.25) is 10.1 Å². The van der Waals surface area contributed by atoms with Gasteiger partial charge < -0.3 is 5.32 Å². The predicted molar refractivity (Wildman–Crippen MR) is 41.6 cm³/mol. The van der Waals surface area contributed by atoms with Crippen molar-refractivity contribution >= 4 is 16.5 Å². The molecule has 1 saturated carbocycles. The first-order valence-electron chi connectivity index (χ1n) is 3.73. The van der Waals surface area contributed by atoms with E-state index in [0.717, 1.165) is 12.8 Å². The minimum absolute atomic E-state index is 0.259. The zero-order chi connectivity index (χ0) is 9.47. The van der Waals surface area contributed by atoms with Crippen molar-refractivity contribution in [2.75, 3.05) is 5.32 Å². The number of hydrogen-bond donors (Lipinski definition) is 1. The molecule has 13 heavy (non-hydrogen) atoms. The highest BCUT2D eigenvalue weighted by molar-refractivity contribution is 7.15. The summed E-state index contributed by atoms with van der Waals surface area (Å²) in [5.74, 6) is 0. The van der Waals surface area contributed by atoms with E-state index in [1.807, 2.05) is 0 Å². The quantitative estimate of drug-likeness (QED) is 0.810. The Morgan fingerprint density at radius 2 is 2.00 bits per heavy atom. The van der Waals surface area contributed by atoms with Gasteiger partial charge in [0.15, 0.2) is 0 Å². The Morgan fingerprint density at radius 3 is 2.46 bits per heavy atom. The highest BCUT2D eigenvalue weighted by Gasteiger charge is 2.36. The molecule has 0 aromatic carbocycles. The van der Waals surface area contributed by atoms with Crippen molar-refractivity contribution in [1.29, 1.82) is 0 Å². The lowest BCUT2D eigenvalue weighted by atomic mass is 10.7. The highest BCUT2D eigenvalue weighted by atomic mass is 32.1. The molecule has 2 rings (SSSR count). The van der Waals surface area contributed by atoms with Crippen molar-refractivity contribution in [2.45, 2.75) is 25.1 Å². The van der Waals surface area contributed by atoms with E-state index in [9.17, 15) is 13.2 Å². The van der Waals surface area contributed by atoms with Crippen LogP contribution in [0.5, 0.6) is 0 Å².